The fourth-order valence-corrected chi connectivity index (χ4v) is 5.35. The second-order valence-electron chi connectivity index (χ2n) is 9.21. The molecular weight excluding hydrogens is 362 g/mol. The van der Waals surface area contributed by atoms with E-state index >= 15 is 0 Å². The van der Waals surface area contributed by atoms with Crippen molar-refractivity contribution >= 4 is 11.6 Å². The van der Waals surface area contributed by atoms with E-state index in [0.717, 1.165) is 76.0 Å². The molecule has 1 saturated heterocycles. The number of ether oxygens (including phenoxy) is 1. The first-order valence-electron chi connectivity index (χ1n) is 11.8. The maximum Gasteiger partial charge on any atom is 0.135 e. The zero-order valence-electron chi connectivity index (χ0n) is 18.1. The summed E-state index contributed by atoms with van der Waals surface area (Å²) < 4.78 is 5.70. The molecule has 2 aliphatic heterocycles. The summed E-state index contributed by atoms with van der Waals surface area (Å²) in [5.41, 5.74) is 1.30. The van der Waals surface area contributed by atoms with Gasteiger partial charge in [0.1, 0.15) is 17.4 Å². The van der Waals surface area contributed by atoms with Crippen molar-refractivity contribution in [2.45, 2.75) is 64.7 Å². The predicted octanol–water partition coefficient (Wildman–Crippen LogP) is 4.09. The summed E-state index contributed by atoms with van der Waals surface area (Å²) in [4.78, 5) is 21.6. The zero-order chi connectivity index (χ0) is 20.1. The van der Waals surface area contributed by atoms with E-state index in [1.165, 1.54) is 44.2 Å². The van der Waals surface area contributed by atoms with Crippen molar-refractivity contribution in [3.8, 4) is 5.75 Å². The van der Waals surface area contributed by atoms with E-state index in [1.54, 1.807) is 0 Å². The summed E-state index contributed by atoms with van der Waals surface area (Å²) >= 11 is 0. The Morgan fingerprint density at radius 2 is 1.90 bits per heavy atom. The van der Waals surface area contributed by atoms with Gasteiger partial charge in [0.05, 0.1) is 6.61 Å². The molecule has 1 aliphatic carbocycles. The minimum Gasteiger partial charge on any atom is -0.493 e. The normalized spacial score (nSPS) is 24.9. The van der Waals surface area contributed by atoms with E-state index in [2.05, 4.69) is 21.7 Å². The van der Waals surface area contributed by atoms with Gasteiger partial charge in [-0.3, -0.25) is 9.69 Å². The third-order valence-corrected chi connectivity index (χ3v) is 7.14. The number of carbonyl (C=O) groups excluding carboxylic acids is 1. The number of rotatable bonds is 8. The minimum absolute atomic E-state index is 0.485. The van der Waals surface area contributed by atoms with E-state index in [-0.39, 0.29) is 0 Å². The van der Waals surface area contributed by atoms with Gasteiger partial charge in [0.2, 0.25) is 0 Å². The first-order valence-corrected chi connectivity index (χ1v) is 11.8. The highest BCUT2D eigenvalue weighted by Gasteiger charge is 2.26. The molecule has 0 aromatic carbocycles. The van der Waals surface area contributed by atoms with E-state index in [1.807, 2.05) is 12.3 Å². The monoisotopic (exact) mass is 399 g/mol. The van der Waals surface area contributed by atoms with Gasteiger partial charge >= 0.3 is 0 Å². The molecular formula is C24H37N3O2. The Morgan fingerprint density at radius 3 is 2.66 bits per heavy atom. The standard InChI is InChI=1S/C24H37N3O2/c1-2-3-21(28)18-20-6-4-19(5-7-20)9-12-26-13-15-27(16-14-26)24-22-10-17-29-23(22)8-11-25-24/h8,11,19-20H,2-7,9-10,12-18H2,1H3. The molecule has 3 heterocycles. The van der Waals surface area contributed by atoms with E-state index < -0.39 is 0 Å². The number of pyridine rings is 1. The Hall–Kier alpha value is -1.62. The molecule has 1 saturated carbocycles. The van der Waals surface area contributed by atoms with Crippen molar-refractivity contribution < 1.29 is 9.53 Å². The van der Waals surface area contributed by atoms with Crippen LogP contribution in [0, 0.1) is 11.8 Å². The Morgan fingerprint density at radius 1 is 1.14 bits per heavy atom. The number of ketones is 1. The molecule has 5 nitrogen and oxygen atoms in total. The van der Waals surface area contributed by atoms with Crippen LogP contribution in [0.2, 0.25) is 0 Å². The maximum atomic E-state index is 11.9. The van der Waals surface area contributed by atoms with Gasteiger partial charge in [-0.05, 0) is 50.1 Å². The Balaban J connectivity index is 1.16. The topological polar surface area (TPSA) is 45.7 Å². The van der Waals surface area contributed by atoms with Crippen LogP contribution in [0.4, 0.5) is 5.82 Å². The summed E-state index contributed by atoms with van der Waals surface area (Å²) in [5.74, 6) is 4.19. The van der Waals surface area contributed by atoms with Crippen LogP contribution in [-0.2, 0) is 11.2 Å². The smallest absolute Gasteiger partial charge is 0.135 e. The fraction of sp³-hybridized carbons (Fsp3) is 0.750. The van der Waals surface area contributed by atoms with Crippen LogP contribution >= 0.6 is 0 Å². The number of fused-ring (bicyclic) bond motifs is 1. The van der Waals surface area contributed by atoms with Gasteiger partial charge in [-0.25, -0.2) is 4.98 Å². The second-order valence-corrected chi connectivity index (χ2v) is 9.21. The molecule has 3 aliphatic rings. The van der Waals surface area contributed by atoms with Crippen molar-refractivity contribution in [1.82, 2.24) is 9.88 Å². The van der Waals surface area contributed by atoms with Crippen LogP contribution < -0.4 is 9.64 Å². The summed E-state index contributed by atoms with van der Waals surface area (Å²) in [6, 6.07) is 2.00. The molecule has 4 rings (SSSR count). The lowest BCUT2D eigenvalue weighted by atomic mass is 9.78. The number of aromatic nitrogens is 1. The predicted molar refractivity (Wildman–Crippen MR) is 117 cm³/mol. The number of Topliss-reactive ketones (excluding diaryl/α,β-unsaturated/α-hetero) is 1. The quantitative estimate of drug-likeness (QED) is 0.659. The van der Waals surface area contributed by atoms with Gasteiger partial charge in [0.15, 0.2) is 0 Å². The lowest BCUT2D eigenvalue weighted by molar-refractivity contribution is -0.120. The molecule has 1 aromatic heterocycles. The minimum atomic E-state index is 0.485. The molecule has 0 radical (unpaired) electrons. The molecule has 0 atom stereocenters. The molecule has 5 heteroatoms. The average Bonchev–Trinajstić information content (AvgIpc) is 3.23. The van der Waals surface area contributed by atoms with E-state index in [0.29, 0.717) is 11.7 Å². The number of anilines is 1. The van der Waals surface area contributed by atoms with Gasteiger partial charge in [-0.15, -0.1) is 0 Å². The molecule has 0 N–H and O–H groups in total. The van der Waals surface area contributed by atoms with Crippen LogP contribution in [0.3, 0.4) is 0 Å². The lowest BCUT2D eigenvalue weighted by Crippen LogP contribution is -2.47. The van der Waals surface area contributed by atoms with Crippen LogP contribution in [0.15, 0.2) is 12.3 Å². The van der Waals surface area contributed by atoms with Crippen LogP contribution in [-0.4, -0.2) is 55.0 Å². The Kier molecular flexibility index (Phi) is 7.06. The van der Waals surface area contributed by atoms with Crippen molar-refractivity contribution in [2.24, 2.45) is 11.8 Å². The zero-order valence-corrected chi connectivity index (χ0v) is 18.1. The number of hydrogen-bond donors (Lipinski definition) is 0. The third kappa shape index (κ3) is 5.30. The molecule has 2 fully saturated rings. The van der Waals surface area contributed by atoms with Crippen LogP contribution in [0.1, 0.15) is 63.9 Å². The van der Waals surface area contributed by atoms with Crippen LogP contribution in [0.5, 0.6) is 5.75 Å². The molecule has 0 unspecified atom stereocenters. The maximum absolute atomic E-state index is 11.9. The van der Waals surface area contributed by atoms with Crippen molar-refractivity contribution in [2.75, 3.05) is 44.2 Å². The highest BCUT2D eigenvalue weighted by Crippen LogP contribution is 2.34. The molecule has 29 heavy (non-hydrogen) atoms. The molecule has 0 spiro atoms. The van der Waals surface area contributed by atoms with E-state index in [9.17, 15) is 4.79 Å². The van der Waals surface area contributed by atoms with Gasteiger partial charge < -0.3 is 9.64 Å². The summed E-state index contributed by atoms with van der Waals surface area (Å²) in [6.07, 6.45) is 12.0. The van der Waals surface area contributed by atoms with Gasteiger partial charge in [0.25, 0.3) is 0 Å². The van der Waals surface area contributed by atoms with E-state index in [4.69, 9.17) is 4.74 Å². The van der Waals surface area contributed by atoms with Crippen molar-refractivity contribution in [3.05, 3.63) is 17.8 Å². The van der Waals surface area contributed by atoms with Gasteiger partial charge in [0, 0.05) is 57.2 Å². The average molecular weight is 400 g/mol. The summed E-state index contributed by atoms with van der Waals surface area (Å²) in [5, 5.41) is 0. The number of carbonyl (C=O) groups is 1. The summed E-state index contributed by atoms with van der Waals surface area (Å²) in [7, 11) is 0. The van der Waals surface area contributed by atoms with Gasteiger partial charge in [-0.1, -0.05) is 19.8 Å². The Bertz CT molecular complexity index is 677. The molecule has 0 amide bonds. The molecule has 1 aromatic rings. The number of hydrogen-bond acceptors (Lipinski definition) is 5. The number of piperazine rings is 1. The SMILES string of the molecule is CCCC(=O)CC1CCC(CCN2CCN(c3nccc4c3CCO4)CC2)CC1. The molecule has 0 bridgehead atoms. The van der Waals surface area contributed by atoms with Gasteiger partial charge in [-0.2, -0.15) is 0 Å². The highest BCUT2D eigenvalue weighted by atomic mass is 16.5. The van der Waals surface area contributed by atoms with Crippen LogP contribution in [0.25, 0.3) is 0 Å². The molecule has 160 valence electrons. The lowest BCUT2D eigenvalue weighted by Gasteiger charge is -2.37. The third-order valence-electron chi connectivity index (χ3n) is 7.14. The highest BCUT2D eigenvalue weighted by molar-refractivity contribution is 5.78. The Labute approximate surface area is 175 Å². The first-order chi connectivity index (χ1) is 14.2. The number of nitrogens with zero attached hydrogens (tertiary/aromatic N) is 3. The second kappa shape index (κ2) is 9.92. The van der Waals surface area contributed by atoms with Crippen molar-refractivity contribution in [3.63, 3.8) is 0 Å². The fourth-order valence-electron chi connectivity index (χ4n) is 5.35. The first kappa shape index (κ1) is 20.6. The summed E-state index contributed by atoms with van der Waals surface area (Å²) in [6.45, 7) is 8.52. The largest absolute Gasteiger partial charge is 0.493 e. The van der Waals surface area contributed by atoms with Crippen molar-refractivity contribution in [1.29, 1.82) is 0 Å².